The van der Waals surface area contributed by atoms with Crippen LogP contribution < -0.4 is 0 Å². The van der Waals surface area contributed by atoms with Crippen LogP contribution in [0.1, 0.15) is 66.7 Å². The van der Waals surface area contributed by atoms with Crippen LogP contribution in [0.4, 0.5) is 0 Å². The molecule has 0 radical (unpaired) electrons. The molecule has 1 aliphatic heterocycles. The van der Waals surface area contributed by atoms with Crippen molar-refractivity contribution < 1.29 is 60.5 Å². The van der Waals surface area contributed by atoms with Gasteiger partial charge in [-0.05, 0) is 97.4 Å². The molecule has 0 aromatic heterocycles. The zero-order valence-electron chi connectivity index (χ0n) is 30.0. The Morgan fingerprint density at radius 3 is 1.31 bits per heavy atom. The highest BCUT2D eigenvalue weighted by Crippen LogP contribution is 2.25. The number of hydrogen-bond acceptors (Lipinski definition) is 9. The fourth-order valence-corrected chi connectivity index (χ4v) is 14.8. The van der Waals surface area contributed by atoms with E-state index < -0.39 is 41.3 Å². The number of rotatable bonds is 15. The van der Waals surface area contributed by atoms with Crippen molar-refractivity contribution in [3.63, 3.8) is 0 Å². The van der Waals surface area contributed by atoms with Crippen LogP contribution in [0.25, 0.3) is 0 Å². The van der Waals surface area contributed by atoms with Crippen molar-refractivity contribution in [1.29, 1.82) is 0 Å². The third kappa shape index (κ3) is 42.1. The van der Waals surface area contributed by atoms with E-state index in [2.05, 4.69) is 59.0 Å². The SMILES string of the molecule is C.C=C(C)C(=O)O.C=C(C)C(=O)OCCCC[Si](C)(C)O[Si](C)(C)CCCCOC(=O)C(=C)C.C[Si]1(C)CCCCO1.O.O=S(=O)(O)O. The molecule has 5 N–H and O–H groups in total. The maximum atomic E-state index is 11.3. The average molecular weight is 763 g/mol. The molecule has 17 heteroatoms. The highest BCUT2D eigenvalue weighted by Gasteiger charge is 2.32. The number of unbranched alkanes of at least 4 members (excludes halogenated alkanes) is 2. The largest absolute Gasteiger partial charge is 0.478 e. The predicted molar refractivity (Wildman–Crippen MR) is 200 cm³/mol. The molecule has 13 nitrogen and oxygen atoms in total. The number of aliphatic carboxylic acids is 1. The summed E-state index contributed by atoms with van der Waals surface area (Å²) in [5.41, 5.74) is 1.06. The lowest BCUT2D eigenvalue weighted by Gasteiger charge is -2.34. The zero-order valence-corrected chi connectivity index (χ0v) is 33.8. The predicted octanol–water partition coefficient (Wildman–Crippen LogP) is 7.02. The molecular formula is C31H66O13SSi3. The van der Waals surface area contributed by atoms with Gasteiger partial charge in [0.05, 0.1) is 13.2 Å². The number of carbonyl (C=O) groups excluding carboxylic acids is 2. The molecule has 0 spiro atoms. The van der Waals surface area contributed by atoms with Gasteiger partial charge in [0.2, 0.25) is 0 Å². The van der Waals surface area contributed by atoms with Crippen molar-refractivity contribution in [3.05, 3.63) is 36.5 Å². The van der Waals surface area contributed by atoms with Crippen molar-refractivity contribution in [2.75, 3.05) is 19.8 Å². The van der Waals surface area contributed by atoms with Gasteiger partial charge in [0.15, 0.2) is 25.0 Å². The second kappa shape index (κ2) is 27.8. The third-order valence-corrected chi connectivity index (χ3v) is 16.2. The van der Waals surface area contributed by atoms with E-state index in [4.69, 9.17) is 40.6 Å². The van der Waals surface area contributed by atoms with E-state index in [9.17, 15) is 14.4 Å². The van der Waals surface area contributed by atoms with Gasteiger partial charge < -0.3 is 28.6 Å². The van der Waals surface area contributed by atoms with Crippen molar-refractivity contribution in [2.45, 2.75) is 124 Å². The van der Waals surface area contributed by atoms with E-state index in [1.807, 2.05) is 0 Å². The first-order valence-electron chi connectivity index (χ1n) is 15.3. The Morgan fingerprint density at radius 1 is 0.771 bits per heavy atom. The summed E-state index contributed by atoms with van der Waals surface area (Å²) in [6, 6.07) is 3.49. The van der Waals surface area contributed by atoms with E-state index in [0.717, 1.165) is 44.4 Å². The molecule has 1 fully saturated rings. The van der Waals surface area contributed by atoms with Crippen molar-refractivity contribution in [2.24, 2.45) is 0 Å². The highest BCUT2D eigenvalue weighted by atomic mass is 32.3. The van der Waals surface area contributed by atoms with Gasteiger partial charge in [-0.25, -0.2) is 14.4 Å². The molecule has 286 valence electrons. The maximum absolute atomic E-state index is 11.3. The van der Waals surface area contributed by atoms with Gasteiger partial charge in [0.25, 0.3) is 0 Å². The lowest BCUT2D eigenvalue weighted by molar-refractivity contribution is -0.139. The summed E-state index contributed by atoms with van der Waals surface area (Å²) < 4.78 is 54.0. The molecule has 1 rings (SSSR count). The molecule has 48 heavy (non-hydrogen) atoms. The topological polar surface area (TPSA) is 214 Å². The van der Waals surface area contributed by atoms with E-state index in [-0.39, 0.29) is 30.4 Å². The number of ether oxygens (including phenoxy) is 2. The van der Waals surface area contributed by atoms with Gasteiger partial charge in [-0.1, -0.05) is 46.4 Å². The molecule has 0 amide bonds. The first-order chi connectivity index (χ1) is 20.7. The smallest absolute Gasteiger partial charge is 0.394 e. The Hall–Kier alpha value is -1.97. The standard InChI is InChI=1S/C20H38O5Si2.C6H14OSi.C4H6O2.CH4.H2O4S.H2O/c1-17(2)19(21)23-13-9-11-15-26(5,6)25-27(7,8)16-12-10-14-24-20(22)18(3)4;1-8(2)6-4-3-5-7-8;1-3(2)4(5)6;;1-5(2,3)4;/h1,3,9-16H2,2,4-8H3;3-6H2,1-2H3;1H2,2H3,(H,5,6);1H4;(H2,1,2,3,4);1H2. The minimum atomic E-state index is -4.67. The summed E-state index contributed by atoms with van der Waals surface area (Å²) in [6.07, 6.45) is 6.41. The Labute approximate surface area is 293 Å². The Bertz CT molecular complexity index is 1020. The lowest BCUT2D eigenvalue weighted by atomic mass is 10.3. The van der Waals surface area contributed by atoms with Crippen LogP contribution in [-0.4, -0.2) is 90.8 Å². The first kappa shape index (κ1) is 55.4. The van der Waals surface area contributed by atoms with Gasteiger partial charge in [-0.3, -0.25) is 9.11 Å². The van der Waals surface area contributed by atoms with Crippen LogP contribution in [0.5, 0.6) is 0 Å². The van der Waals surface area contributed by atoms with Crippen LogP contribution in [0.15, 0.2) is 36.5 Å². The summed E-state index contributed by atoms with van der Waals surface area (Å²) in [7, 11) is -9.22. The van der Waals surface area contributed by atoms with Crippen LogP contribution in [0.3, 0.4) is 0 Å². The summed E-state index contributed by atoms with van der Waals surface area (Å²) in [5, 5.41) is 7.89. The van der Waals surface area contributed by atoms with Gasteiger partial charge >= 0.3 is 28.3 Å². The van der Waals surface area contributed by atoms with Crippen molar-refractivity contribution >= 4 is 53.3 Å². The van der Waals surface area contributed by atoms with Crippen molar-refractivity contribution in [3.8, 4) is 0 Å². The molecule has 0 aliphatic carbocycles. The molecule has 1 heterocycles. The molecule has 0 aromatic carbocycles. The summed E-state index contributed by atoms with van der Waals surface area (Å²) in [4.78, 5) is 32.3. The number of hydrogen-bond donors (Lipinski definition) is 3. The molecule has 0 saturated carbocycles. The molecule has 0 unspecified atom stereocenters. The number of carboxylic acid groups (broad SMARTS) is 1. The Morgan fingerprint density at radius 2 is 1.10 bits per heavy atom. The van der Waals surface area contributed by atoms with E-state index in [0.29, 0.717) is 24.4 Å². The van der Waals surface area contributed by atoms with Gasteiger partial charge in [0.1, 0.15) is 0 Å². The quantitative estimate of drug-likeness (QED) is 0.0505. The summed E-state index contributed by atoms with van der Waals surface area (Å²) in [5.74, 6) is -1.56. The highest BCUT2D eigenvalue weighted by molar-refractivity contribution is 7.79. The molecule has 0 bridgehead atoms. The van der Waals surface area contributed by atoms with Crippen LogP contribution in [0.2, 0.25) is 57.4 Å². The number of carboxylic acids is 1. The fraction of sp³-hybridized carbons (Fsp3) is 0.710. The van der Waals surface area contributed by atoms with Crippen LogP contribution in [0, 0.1) is 0 Å². The van der Waals surface area contributed by atoms with Crippen LogP contribution in [-0.2, 0) is 42.8 Å². The Kier molecular flexibility index (Phi) is 32.1. The van der Waals surface area contributed by atoms with Gasteiger partial charge in [0, 0.05) is 23.3 Å². The van der Waals surface area contributed by atoms with Crippen molar-refractivity contribution in [1.82, 2.24) is 0 Å². The molecule has 1 saturated heterocycles. The minimum absolute atomic E-state index is 0. The maximum Gasteiger partial charge on any atom is 0.394 e. The lowest BCUT2D eigenvalue weighted by Crippen LogP contribution is -2.44. The van der Waals surface area contributed by atoms with Gasteiger partial charge in [-0.2, -0.15) is 8.42 Å². The second-order valence-corrected chi connectivity index (χ2v) is 27.0. The Balaban J connectivity index is -0.000000237. The first-order valence-corrected chi connectivity index (χ1v) is 26.0. The molecule has 0 atom stereocenters. The van der Waals surface area contributed by atoms with E-state index >= 15 is 0 Å². The molecule has 0 aromatic rings. The molecular weight excluding hydrogens is 697 g/mol. The summed E-state index contributed by atoms with van der Waals surface area (Å²) in [6.45, 7) is 30.6. The zero-order chi connectivity index (χ0) is 36.8. The van der Waals surface area contributed by atoms with Gasteiger partial charge in [-0.15, -0.1) is 0 Å². The summed E-state index contributed by atoms with van der Waals surface area (Å²) >= 11 is 0. The minimum Gasteiger partial charge on any atom is -0.478 e. The number of carbonyl (C=O) groups is 3. The second-order valence-electron chi connectivity index (χ2n) is 13.0. The molecule has 1 aliphatic rings. The normalized spacial score (nSPS) is 13.4. The van der Waals surface area contributed by atoms with E-state index in [1.54, 1.807) is 13.8 Å². The van der Waals surface area contributed by atoms with Crippen LogP contribution >= 0.6 is 0 Å². The fourth-order valence-electron chi connectivity index (χ4n) is 3.81. The average Bonchev–Trinajstić information content (AvgIpc) is 2.86. The number of esters is 2. The monoisotopic (exact) mass is 762 g/mol. The van der Waals surface area contributed by atoms with E-state index in [1.165, 1.54) is 25.8 Å². The third-order valence-electron chi connectivity index (χ3n) is 6.09.